The number of thiophene rings is 1. The summed E-state index contributed by atoms with van der Waals surface area (Å²) in [6.07, 6.45) is 0. The Morgan fingerprint density at radius 3 is 2.48 bits per heavy atom. The fourth-order valence-corrected chi connectivity index (χ4v) is 2.89. The summed E-state index contributed by atoms with van der Waals surface area (Å²) < 4.78 is 0. The minimum absolute atomic E-state index is 0.163. The largest absolute Gasteiger partial charge is 0.480 e. The Kier molecular flexibility index (Phi) is 5.11. The second-order valence-electron chi connectivity index (χ2n) is 4.81. The second kappa shape index (κ2) is 7.04. The number of amides is 1. The molecule has 2 aromatic rings. The number of aliphatic carboxylic acids is 1. The molecule has 1 N–H and O–H groups in total. The topological polar surface area (TPSA) is 57.6 Å². The summed E-state index contributed by atoms with van der Waals surface area (Å²) in [6.45, 7) is 1.83. The van der Waals surface area contributed by atoms with Crippen molar-refractivity contribution in [2.24, 2.45) is 0 Å². The van der Waals surface area contributed by atoms with Crippen molar-refractivity contribution in [1.82, 2.24) is 4.90 Å². The first-order valence-corrected chi connectivity index (χ1v) is 7.54. The number of carboxylic acids is 1. The normalized spacial score (nSPS) is 11.9. The van der Waals surface area contributed by atoms with Gasteiger partial charge in [0.25, 0.3) is 0 Å². The van der Waals surface area contributed by atoms with Crippen LogP contribution in [0.1, 0.15) is 23.3 Å². The van der Waals surface area contributed by atoms with Crippen LogP contribution in [0.25, 0.3) is 0 Å². The summed E-state index contributed by atoms with van der Waals surface area (Å²) in [5.41, 5.74) is 0.922. The van der Waals surface area contributed by atoms with E-state index in [1.165, 1.54) is 16.2 Å². The third-order valence-corrected chi connectivity index (χ3v) is 4.25. The Bertz CT molecular complexity index is 595. The van der Waals surface area contributed by atoms with Crippen LogP contribution in [0, 0.1) is 0 Å². The van der Waals surface area contributed by atoms with Crippen LogP contribution in [0.5, 0.6) is 0 Å². The molecule has 2 rings (SSSR count). The highest BCUT2D eigenvalue weighted by atomic mass is 32.1. The predicted octanol–water partition coefficient (Wildman–Crippen LogP) is 2.97. The van der Waals surface area contributed by atoms with Gasteiger partial charge in [0.05, 0.1) is 5.92 Å². The van der Waals surface area contributed by atoms with Gasteiger partial charge in [0.2, 0.25) is 5.91 Å². The molecule has 0 aliphatic rings. The molecule has 1 aromatic carbocycles. The number of carbonyl (C=O) groups excluding carboxylic acids is 1. The molecule has 1 atom stereocenters. The summed E-state index contributed by atoms with van der Waals surface area (Å²) in [5.74, 6) is -1.49. The fourth-order valence-electron chi connectivity index (χ4n) is 2.11. The molecule has 0 aliphatic carbocycles. The number of carbonyl (C=O) groups is 2. The maximum absolute atomic E-state index is 12.6. The molecular weight excluding hydrogens is 286 g/mol. The molecule has 0 aliphatic heterocycles. The van der Waals surface area contributed by atoms with E-state index in [1.54, 1.807) is 0 Å². The van der Waals surface area contributed by atoms with Gasteiger partial charge in [-0.05, 0) is 23.9 Å². The Hall–Kier alpha value is -2.14. The van der Waals surface area contributed by atoms with Gasteiger partial charge in [-0.3, -0.25) is 9.59 Å². The Morgan fingerprint density at radius 2 is 1.90 bits per heavy atom. The Balaban J connectivity index is 2.15. The van der Waals surface area contributed by atoms with Gasteiger partial charge < -0.3 is 10.0 Å². The molecule has 0 saturated heterocycles. The van der Waals surface area contributed by atoms with Crippen LogP contribution in [0.15, 0.2) is 47.8 Å². The smallest absolute Gasteiger partial charge is 0.323 e. The number of hydrogen-bond donors (Lipinski definition) is 1. The first kappa shape index (κ1) is 15.3. The van der Waals surface area contributed by atoms with Crippen LogP contribution >= 0.6 is 11.3 Å². The van der Waals surface area contributed by atoms with Gasteiger partial charge in [-0.15, -0.1) is 11.3 Å². The van der Waals surface area contributed by atoms with E-state index in [9.17, 15) is 9.59 Å². The molecule has 0 unspecified atom stereocenters. The van der Waals surface area contributed by atoms with Crippen LogP contribution in [-0.2, 0) is 16.1 Å². The molecule has 0 fully saturated rings. The molecule has 1 aromatic heterocycles. The summed E-state index contributed by atoms with van der Waals surface area (Å²) in [7, 11) is 0. The van der Waals surface area contributed by atoms with Crippen molar-refractivity contribution in [3.05, 3.63) is 58.3 Å². The first-order valence-electron chi connectivity index (χ1n) is 6.66. The maximum Gasteiger partial charge on any atom is 0.323 e. The van der Waals surface area contributed by atoms with Crippen molar-refractivity contribution in [1.29, 1.82) is 0 Å². The first-order chi connectivity index (χ1) is 10.1. The van der Waals surface area contributed by atoms with E-state index in [-0.39, 0.29) is 18.4 Å². The van der Waals surface area contributed by atoms with E-state index >= 15 is 0 Å². The predicted molar refractivity (Wildman–Crippen MR) is 82.2 cm³/mol. The van der Waals surface area contributed by atoms with E-state index in [2.05, 4.69) is 0 Å². The van der Waals surface area contributed by atoms with Gasteiger partial charge in [0.1, 0.15) is 6.54 Å². The molecule has 5 heteroatoms. The van der Waals surface area contributed by atoms with Crippen LogP contribution in [0.2, 0.25) is 0 Å². The highest BCUT2D eigenvalue weighted by Crippen LogP contribution is 2.23. The zero-order valence-electron chi connectivity index (χ0n) is 11.7. The van der Waals surface area contributed by atoms with Crippen LogP contribution < -0.4 is 0 Å². The van der Waals surface area contributed by atoms with Crippen LogP contribution in [-0.4, -0.2) is 28.4 Å². The minimum Gasteiger partial charge on any atom is -0.480 e. The van der Waals surface area contributed by atoms with Crippen molar-refractivity contribution in [2.45, 2.75) is 19.4 Å². The summed E-state index contributed by atoms with van der Waals surface area (Å²) >= 11 is 1.51. The average Bonchev–Trinajstić information content (AvgIpc) is 3.00. The fraction of sp³-hybridized carbons (Fsp3) is 0.250. The Labute approximate surface area is 127 Å². The van der Waals surface area contributed by atoms with Crippen LogP contribution in [0.4, 0.5) is 0 Å². The quantitative estimate of drug-likeness (QED) is 0.892. The molecule has 1 amide bonds. The zero-order valence-corrected chi connectivity index (χ0v) is 12.5. The molecule has 0 saturated carbocycles. The third kappa shape index (κ3) is 4.16. The molecule has 0 bridgehead atoms. The van der Waals surface area contributed by atoms with E-state index in [0.717, 1.165) is 10.4 Å². The van der Waals surface area contributed by atoms with Gasteiger partial charge in [0.15, 0.2) is 0 Å². The third-order valence-electron chi connectivity index (χ3n) is 3.19. The number of benzene rings is 1. The lowest BCUT2D eigenvalue weighted by Gasteiger charge is -2.24. The molecule has 0 radical (unpaired) electrons. The van der Waals surface area contributed by atoms with E-state index in [4.69, 9.17) is 5.11 Å². The molecule has 4 nitrogen and oxygen atoms in total. The molecule has 21 heavy (non-hydrogen) atoms. The van der Waals surface area contributed by atoms with Crippen molar-refractivity contribution < 1.29 is 14.7 Å². The molecule has 1 heterocycles. The van der Waals surface area contributed by atoms with Gasteiger partial charge in [-0.25, -0.2) is 0 Å². The standard InChI is InChI=1S/C16H17NO3S/c1-12(14-8-5-9-21-14)16(20)17(11-15(18)19)10-13-6-3-2-4-7-13/h2-9,12H,10-11H2,1H3,(H,18,19)/t12-/m1/s1. The summed E-state index contributed by atoms with van der Waals surface area (Å²) in [5, 5.41) is 10.9. The van der Waals surface area contributed by atoms with Crippen LogP contribution in [0.3, 0.4) is 0 Å². The lowest BCUT2D eigenvalue weighted by molar-refractivity contribution is -0.145. The minimum atomic E-state index is -1.00. The monoisotopic (exact) mass is 303 g/mol. The van der Waals surface area contributed by atoms with Gasteiger partial charge in [0, 0.05) is 11.4 Å². The van der Waals surface area contributed by atoms with Gasteiger partial charge >= 0.3 is 5.97 Å². The molecule has 0 spiro atoms. The zero-order chi connectivity index (χ0) is 15.2. The highest BCUT2D eigenvalue weighted by Gasteiger charge is 2.24. The van der Waals surface area contributed by atoms with Crippen molar-refractivity contribution >= 4 is 23.2 Å². The highest BCUT2D eigenvalue weighted by molar-refractivity contribution is 7.10. The van der Waals surface area contributed by atoms with Crippen molar-refractivity contribution in [3.63, 3.8) is 0 Å². The molecular formula is C16H17NO3S. The van der Waals surface area contributed by atoms with Crippen molar-refractivity contribution in [2.75, 3.05) is 6.54 Å². The number of rotatable bonds is 6. The number of carboxylic acid groups (broad SMARTS) is 1. The summed E-state index contributed by atoms with van der Waals surface area (Å²) in [6, 6.07) is 13.2. The SMILES string of the molecule is C[C@@H](C(=O)N(CC(=O)O)Cc1ccccc1)c1cccs1. The van der Waals surface area contributed by atoms with Crippen molar-refractivity contribution in [3.8, 4) is 0 Å². The number of nitrogens with zero attached hydrogens (tertiary/aromatic N) is 1. The van der Waals surface area contributed by atoms with Gasteiger partial charge in [-0.2, -0.15) is 0 Å². The maximum atomic E-state index is 12.6. The van der Waals surface area contributed by atoms with Gasteiger partial charge in [-0.1, -0.05) is 36.4 Å². The number of hydrogen-bond acceptors (Lipinski definition) is 3. The second-order valence-corrected chi connectivity index (χ2v) is 5.79. The lowest BCUT2D eigenvalue weighted by atomic mass is 10.1. The lowest BCUT2D eigenvalue weighted by Crippen LogP contribution is -2.37. The van der Waals surface area contributed by atoms with E-state index in [1.807, 2.05) is 54.8 Å². The molecule has 110 valence electrons. The Morgan fingerprint density at radius 1 is 1.19 bits per heavy atom. The summed E-state index contributed by atoms with van der Waals surface area (Å²) in [4.78, 5) is 25.9. The van der Waals surface area contributed by atoms with E-state index in [0.29, 0.717) is 6.54 Å². The average molecular weight is 303 g/mol. The van der Waals surface area contributed by atoms with E-state index < -0.39 is 5.97 Å².